The van der Waals surface area contributed by atoms with Crippen molar-refractivity contribution in [3.63, 3.8) is 0 Å². The van der Waals surface area contributed by atoms with Crippen LogP contribution < -0.4 is 4.90 Å². The molecule has 1 saturated heterocycles. The van der Waals surface area contributed by atoms with Crippen LogP contribution in [0, 0.1) is 12.8 Å². The van der Waals surface area contributed by atoms with Crippen LogP contribution in [0.4, 0.5) is 5.95 Å². The summed E-state index contributed by atoms with van der Waals surface area (Å²) >= 11 is 1.62. The van der Waals surface area contributed by atoms with E-state index in [1.807, 2.05) is 12.4 Å². The van der Waals surface area contributed by atoms with Crippen LogP contribution in [0.1, 0.15) is 26.5 Å². The number of hydrogen-bond donors (Lipinski definition) is 0. The Morgan fingerprint density at radius 3 is 2.64 bits per heavy atom. The third kappa shape index (κ3) is 2.63. The second-order valence-corrected chi connectivity index (χ2v) is 7.46. The van der Waals surface area contributed by atoms with Gasteiger partial charge < -0.3 is 9.64 Å². The Bertz CT molecular complexity index is 657. The molecule has 0 N–H and O–H groups in total. The summed E-state index contributed by atoms with van der Waals surface area (Å²) < 4.78 is 7.76. The van der Waals surface area contributed by atoms with E-state index in [4.69, 9.17) is 4.74 Å². The van der Waals surface area contributed by atoms with Crippen LogP contribution in [0.5, 0.6) is 0 Å². The van der Waals surface area contributed by atoms with Crippen LogP contribution in [0.2, 0.25) is 0 Å². The second-order valence-electron chi connectivity index (χ2n) is 6.61. The molecule has 3 rings (SSSR count). The van der Waals surface area contributed by atoms with Gasteiger partial charge in [0, 0.05) is 13.7 Å². The number of ether oxygens (including phenoxy) is 1. The molecule has 0 spiro atoms. The molecular weight excluding hydrogens is 298 g/mol. The number of rotatable bonds is 5. The van der Waals surface area contributed by atoms with E-state index >= 15 is 0 Å². The Balaban J connectivity index is 1.95. The first-order valence-corrected chi connectivity index (χ1v) is 8.45. The van der Waals surface area contributed by atoms with Crippen LogP contribution in [-0.4, -0.2) is 45.5 Å². The van der Waals surface area contributed by atoms with Gasteiger partial charge in [0.1, 0.15) is 5.60 Å². The maximum Gasteiger partial charge on any atom is 0.227 e. The van der Waals surface area contributed by atoms with Crippen LogP contribution in [0.15, 0.2) is 5.51 Å². The SMILES string of the molecule is COC1(C)CN(c2nnc(-c3scnc3C)n2CC(C)C)C1. The van der Waals surface area contributed by atoms with Crippen LogP contribution in [0.3, 0.4) is 0 Å². The van der Waals surface area contributed by atoms with Crippen molar-refractivity contribution in [3.05, 3.63) is 11.2 Å². The highest BCUT2D eigenvalue weighted by molar-refractivity contribution is 7.13. The van der Waals surface area contributed by atoms with Gasteiger partial charge in [0.05, 0.1) is 29.2 Å². The maximum atomic E-state index is 5.54. The Morgan fingerprint density at radius 2 is 2.09 bits per heavy atom. The van der Waals surface area contributed by atoms with Crippen molar-refractivity contribution in [1.82, 2.24) is 19.7 Å². The first-order chi connectivity index (χ1) is 10.4. The highest BCUT2D eigenvalue weighted by Crippen LogP contribution is 2.33. The average molecular weight is 321 g/mol. The molecule has 0 bridgehead atoms. The Kier molecular flexibility index (Phi) is 3.94. The summed E-state index contributed by atoms with van der Waals surface area (Å²) in [4.78, 5) is 7.68. The van der Waals surface area contributed by atoms with E-state index in [1.165, 1.54) is 0 Å². The van der Waals surface area contributed by atoms with Crippen molar-refractivity contribution in [2.24, 2.45) is 5.92 Å². The van der Waals surface area contributed by atoms with Gasteiger partial charge in [-0.2, -0.15) is 0 Å². The van der Waals surface area contributed by atoms with Gasteiger partial charge in [-0.05, 0) is 19.8 Å². The van der Waals surface area contributed by atoms with Crippen molar-refractivity contribution < 1.29 is 4.74 Å². The van der Waals surface area contributed by atoms with Crippen LogP contribution in [-0.2, 0) is 11.3 Å². The fraction of sp³-hybridized carbons (Fsp3) is 0.667. The third-order valence-electron chi connectivity index (χ3n) is 4.05. The lowest BCUT2D eigenvalue weighted by Crippen LogP contribution is -2.61. The van der Waals surface area contributed by atoms with Crippen LogP contribution >= 0.6 is 11.3 Å². The van der Waals surface area contributed by atoms with Gasteiger partial charge in [-0.15, -0.1) is 21.5 Å². The zero-order valence-corrected chi connectivity index (χ0v) is 14.6. The predicted molar refractivity (Wildman–Crippen MR) is 88.3 cm³/mol. The second kappa shape index (κ2) is 5.62. The first-order valence-electron chi connectivity index (χ1n) is 7.57. The Morgan fingerprint density at radius 1 is 1.36 bits per heavy atom. The van der Waals surface area contributed by atoms with Crippen molar-refractivity contribution in [2.75, 3.05) is 25.1 Å². The lowest BCUT2D eigenvalue weighted by atomic mass is 9.97. The fourth-order valence-electron chi connectivity index (χ4n) is 2.78. The molecule has 0 atom stereocenters. The topological polar surface area (TPSA) is 56.1 Å². The number of aromatic nitrogens is 4. The van der Waals surface area contributed by atoms with Gasteiger partial charge in [-0.1, -0.05) is 13.8 Å². The van der Waals surface area contributed by atoms with E-state index in [1.54, 1.807) is 18.4 Å². The van der Waals surface area contributed by atoms with E-state index in [2.05, 4.69) is 45.4 Å². The number of thiazole rings is 1. The molecule has 0 radical (unpaired) electrons. The quantitative estimate of drug-likeness (QED) is 0.847. The smallest absolute Gasteiger partial charge is 0.227 e. The van der Waals surface area contributed by atoms with Gasteiger partial charge >= 0.3 is 0 Å². The van der Waals surface area contributed by atoms with Gasteiger partial charge in [-0.25, -0.2) is 4.98 Å². The summed E-state index contributed by atoms with van der Waals surface area (Å²) in [6.07, 6.45) is 0. The van der Waals surface area contributed by atoms with Gasteiger partial charge in [0.2, 0.25) is 5.95 Å². The van der Waals surface area contributed by atoms with Gasteiger partial charge in [-0.3, -0.25) is 4.57 Å². The number of methoxy groups -OCH3 is 1. The highest BCUT2D eigenvalue weighted by atomic mass is 32.1. The fourth-order valence-corrected chi connectivity index (χ4v) is 3.57. The molecule has 2 aromatic rings. The van der Waals surface area contributed by atoms with E-state index in [-0.39, 0.29) is 5.60 Å². The Hall–Kier alpha value is -1.47. The molecule has 22 heavy (non-hydrogen) atoms. The highest BCUT2D eigenvalue weighted by Gasteiger charge is 2.41. The number of aryl methyl sites for hydroxylation is 1. The molecule has 1 aliphatic rings. The molecule has 0 aromatic carbocycles. The minimum atomic E-state index is -0.0742. The lowest BCUT2D eigenvalue weighted by Gasteiger charge is -2.47. The predicted octanol–water partition coefficient (Wildman–Crippen LogP) is 2.59. The molecule has 3 heterocycles. The van der Waals surface area contributed by atoms with E-state index < -0.39 is 0 Å². The summed E-state index contributed by atoms with van der Waals surface area (Å²) in [5.41, 5.74) is 2.80. The molecule has 2 aromatic heterocycles. The molecule has 0 amide bonds. The van der Waals surface area contributed by atoms with E-state index in [0.29, 0.717) is 5.92 Å². The normalized spacial score (nSPS) is 17.1. The number of hydrogen-bond acceptors (Lipinski definition) is 6. The molecule has 1 fully saturated rings. The largest absolute Gasteiger partial charge is 0.375 e. The molecule has 0 aliphatic carbocycles. The molecule has 0 unspecified atom stereocenters. The van der Waals surface area contributed by atoms with Gasteiger partial charge in [0.15, 0.2) is 5.82 Å². The van der Waals surface area contributed by atoms with Crippen molar-refractivity contribution in [3.8, 4) is 10.7 Å². The van der Waals surface area contributed by atoms with Crippen molar-refractivity contribution in [2.45, 2.75) is 39.8 Å². The Labute approximate surface area is 135 Å². The molecule has 6 nitrogen and oxygen atoms in total. The van der Waals surface area contributed by atoms with Crippen LogP contribution in [0.25, 0.3) is 10.7 Å². The minimum absolute atomic E-state index is 0.0742. The summed E-state index contributed by atoms with van der Waals surface area (Å²) in [6.45, 7) is 11.2. The van der Waals surface area contributed by atoms with Crippen molar-refractivity contribution >= 4 is 17.3 Å². The monoisotopic (exact) mass is 321 g/mol. The molecule has 7 heteroatoms. The molecule has 0 saturated carbocycles. The van der Waals surface area contributed by atoms with E-state index in [9.17, 15) is 0 Å². The molecular formula is C15H23N5OS. The summed E-state index contributed by atoms with van der Waals surface area (Å²) in [5, 5.41) is 8.90. The molecule has 1 aliphatic heterocycles. The number of anilines is 1. The lowest BCUT2D eigenvalue weighted by molar-refractivity contribution is -0.0178. The van der Waals surface area contributed by atoms with E-state index in [0.717, 1.165) is 42.0 Å². The first kappa shape index (κ1) is 15.4. The van der Waals surface area contributed by atoms with Gasteiger partial charge in [0.25, 0.3) is 0 Å². The average Bonchev–Trinajstić information content (AvgIpc) is 3.01. The summed E-state index contributed by atoms with van der Waals surface area (Å²) in [7, 11) is 1.77. The third-order valence-corrected chi connectivity index (χ3v) is 4.98. The summed E-state index contributed by atoms with van der Waals surface area (Å²) in [5.74, 6) is 2.39. The summed E-state index contributed by atoms with van der Waals surface area (Å²) in [6, 6.07) is 0. The minimum Gasteiger partial charge on any atom is -0.375 e. The standard InChI is InChI=1S/C15H23N5OS/c1-10(2)6-20-13(12-11(3)16-9-22-12)17-18-14(20)19-7-15(4,8-19)21-5/h9-10H,6-8H2,1-5H3. The zero-order chi connectivity index (χ0) is 15.9. The van der Waals surface area contributed by atoms with Crippen molar-refractivity contribution in [1.29, 1.82) is 0 Å². The zero-order valence-electron chi connectivity index (χ0n) is 13.8. The molecule has 120 valence electrons. The number of nitrogens with zero attached hydrogens (tertiary/aromatic N) is 5. The maximum absolute atomic E-state index is 5.54.